The Kier molecular flexibility index (Phi) is 3.43. The minimum Gasteiger partial charge on any atom is -0.307 e. The standard InChI is InChI=1S/C12H23NS/c1-12(2)9-14-8-11(13-12)10-6-4-3-5-7-10/h10-11,13H,3-9H2,1-2H3. The molecule has 0 amide bonds. The Morgan fingerprint density at radius 3 is 2.50 bits per heavy atom. The molecule has 0 aromatic carbocycles. The lowest BCUT2D eigenvalue weighted by Gasteiger charge is -2.41. The summed E-state index contributed by atoms with van der Waals surface area (Å²) in [6.07, 6.45) is 7.34. The highest BCUT2D eigenvalue weighted by atomic mass is 32.2. The van der Waals surface area contributed by atoms with Crippen LogP contribution in [0, 0.1) is 5.92 Å². The van der Waals surface area contributed by atoms with Gasteiger partial charge in [0.1, 0.15) is 0 Å². The highest BCUT2D eigenvalue weighted by Gasteiger charge is 2.32. The van der Waals surface area contributed by atoms with Gasteiger partial charge in [0.15, 0.2) is 0 Å². The largest absolute Gasteiger partial charge is 0.307 e. The molecule has 0 aromatic heterocycles. The van der Waals surface area contributed by atoms with E-state index in [0.29, 0.717) is 5.54 Å². The van der Waals surface area contributed by atoms with Gasteiger partial charge in [-0.15, -0.1) is 0 Å². The van der Waals surface area contributed by atoms with Crippen LogP contribution < -0.4 is 5.32 Å². The molecule has 0 aromatic rings. The third-order valence-corrected chi connectivity index (χ3v) is 5.08. The summed E-state index contributed by atoms with van der Waals surface area (Å²) in [5, 5.41) is 3.84. The second-order valence-electron chi connectivity index (χ2n) is 5.55. The topological polar surface area (TPSA) is 12.0 Å². The van der Waals surface area contributed by atoms with Crippen LogP contribution >= 0.6 is 11.8 Å². The van der Waals surface area contributed by atoms with Gasteiger partial charge in [0.2, 0.25) is 0 Å². The van der Waals surface area contributed by atoms with E-state index in [1.54, 1.807) is 0 Å². The molecule has 1 unspecified atom stereocenters. The van der Waals surface area contributed by atoms with Gasteiger partial charge in [-0.3, -0.25) is 0 Å². The first-order valence-electron chi connectivity index (χ1n) is 6.03. The first-order chi connectivity index (χ1) is 6.67. The molecule has 1 aliphatic heterocycles. The molecule has 0 spiro atoms. The number of hydrogen-bond donors (Lipinski definition) is 1. The Hall–Kier alpha value is 0.310. The second-order valence-corrected chi connectivity index (χ2v) is 6.58. The van der Waals surface area contributed by atoms with Gasteiger partial charge in [-0.05, 0) is 32.6 Å². The molecule has 1 heterocycles. The van der Waals surface area contributed by atoms with E-state index in [4.69, 9.17) is 0 Å². The third kappa shape index (κ3) is 2.66. The van der Waals surface area contributed by atoms with Crippen LogP contribution in [0.1, 0.15) is 46.0 Å². The predicted octanol–water partition coefficient (Wildman–Crippen LogP) is 3.05. The number of nitrogens with one attached hydrogen (secondary N) is 1. The first kappa shape index (κ1) is 10.8. The molecule has 0 radical (unpaired) electrons. The molecule has 1 atom stereocenters. The normalized spacial score (nSPS) is 34.3. The average molecular weight is 213 g/mol. The van der Waals surface area contributed by atoms with E-state index in [2.05, 4.69) is 30.9 Å². The van der Waals surface area contributed by atoms with Crippen molar-refractivity contribution in [3.8, 4) is 0 Å². The SMILES string of the molecule is CC1(C)CSCC(C2CCCCC2)N1. The smallest absolute Gasteiger partial charge is 0.0218 e. The van der Waals surface area contributed by atoms with Crippen LogP contribution in [0.4, 0.5) is 0 Å². The lowest BCUT2D eigenvalue weighted by atomic mass is 9.83. The summed E-state index contributed by atoms with van der Waals surface area (Å²) >= 11 is 2.14. The van der Waals surface area contributed by atoms with Crippen LogP contribution in [0.5, 0.6) is 0 Å². The minimum absolute atomic E-state index is 0.366. The molecule has 2 heteroatoms. The Morgan fingerprint density at radius 2 is 1.86 bits per heavy atom. The molecule has 1 N–H and O–H groups in total. The Morgan fingerprint density at radius 1 is 1.14 bits per heavy atom. The molecule has 2 rings (SSSR count). The van der Waals surface area contributed by atoms with E-state index in [1.807, 2.05) is 0 Å². The molecule has 1 saturated carbocycles. The average Bonchev–Trinajstić information content (AvgIpc) is 2.18. The molecule has 14 heavy (non-hydrogen) atoms. The molecule has 1 nitrogen and oxygen atoms in total. The van der Waals surface area contributed by atoms with E-state index >= 15 is 0 Å². The summed E-state index contributed by atoms with van der Waals surface area (Å²) in [7, 11) is 0. The molecule has 82 valence electrons. The maximum absolute atomic E-state index is 3.84. The van der Waals surface area contributed by atoms with Crippen molar-refractivity contribution in [1.29, 1.82) is 0 Å². The maximum Gasteiger partial charge on any atom is 0.0218 e. The maximum atomic E-state index is 3.84. The molecule has 0 bridgehead atoms. The summed E-state index contributed by atoms with van der Waals surface area (Å²) < 4.78 is 0. The van der Waals surface area contributed by atoms with Gasteiger partial charge in [0.05, 0.1) is 0 Å². The number of rotatable bonds is 1. The van der Waals surface area contributed by atoms with Crippen LogP contribution in [0.15, 0.2) is 0 Å². The van der Waals surface area contributed by atoms with Crippen molar-refractivity contribution >= 4 is 11.8 Å². The van der Waals surface area contributed by atoms with Crippen LogP contribution in [0.25, 0.3) is 0 Å². The van der Waals surface area contributed by atoms with Crippen molar-refractivity contribution < 1.29 is 0 Å². The third-order valence-electron chi connectivity index (χ3n) is 3.56. The molecule has 1 aliphatic carbocycles. The monoisotopic (exact) mass is 213 g/mol. The lowest BCUT2D eigenvalue weighted by Crippen LogP contribution is -2.55. The molecular formula is C12H23NS. The van der Waals surface area contributed by atoms with E-state index < -0.39 is 0 Å². The Bertz CT molecular complexity index is 185. The van der Waals surface area contributed by atoms with Crippen LogP contribution in [0.3, 0.4) is 0 Å². The Balaban J connectivity index is 1.89. The fourth-order valence-corrected chi connectivity index (χ4v) is 4.14. The lowest BCUT2D eigenvalue weighted by molar-refractivity contribution is 0.240. The quantitative estimate of drug-likeness (QED) is 0.718. The van der Waals surface area contributed by atoms with Gasteiger partial charge >= 0.3 is 0 Å². The number of thioether (sulfide) groups is 1. The van der Waals surface area contributed by atoms with Crippen molar-refractivity contribution in [1.82, 2.24) is 5.32 Å². The fourth-order valence-electron chi connectivity index (χ4n) is 2.82. The van der Waals surface area contributed by atoms with Gasteiger partial charge in [0.25, 0.3) is 0 Å². The zero-order valence-corrected chi connectivity index (χ0v) is 10.3. The first-order valence-corrected chi connectivity index (χ1v) is 7.18. The molecular weight excluding hydrogens is 190 g/mol. The van der Waals surface area contributed by atoms with Gasteiger partial charge in [-0.1, -0.05) is 19.3 Å². The van der Waals surface area contributed by atoms with E-state index in [1.165, 1.54) is 43.6 Å². The summed E-state index contributed by atoms with van der Waals surface area (Å²) in [6, 6.07) is 0.795. The van der Waals surface area contributed by atoms with Gasteiger partial charge < -0.3 is 5.32 Å². The number of hydrogen-bond acceptors (Lipinski definition) is 2. The zero-order chi connectivity index (χ0) is 10.0. The van der Waals surface area contributed by atoms with Crippen molar-refractivity contribution in [2.45, 2.75) is 57.5 Å². The van der Waals surface area contributed by atoms with E-state index in [0.717, 1.165) is 12.0 Å². The molecule has 1 saturated heterocycles. The van der Waals surface area contributed by atoms with Gasteiger partial charge in [-0.25, -0.2) is 0 Å². The minimum atomic E-state index is 0.366. The van der Waals surface area contributed by atoms with Gasteiger partial charge in [0, 0.05) is 23.1 Å². The summed E-state index contributed by atoms with van der Waals surface area (Å²) in [5.41, 5.74) is 0.366. The Labute approximate surface area is 92.4 Å². The fraction of sp³-hybridized carbons (Fsp3) is 1.00. The van der Waals surface area contributed by atoms with Crippen molar-refractivity contribution in [3.63, 3.8) is 0 Å². The second kappa shape index (κ2) is 4.44. The summed E-state index contributed by atoms with van der Waals surface area (Å²) in [4.78, 5) is 0. The predicted molar refractivity (Wildman–Crippen MR) is 64.9 cm³/mol. The van der Waals surface area contributed by atoms with Crippen molar-refractivity contribution in [3.05, 3.63) is 0 Å². The molecule has 2 fully saturated rings. The van der Waals surface area contributed by atoms with E-state index in [9.17, 15) is 0 Å². The van der Waals surface area contributed by atoms with Crippen LogP contribution in [0.2, 0.25) is 0 Å². The highest BCUT2D eigenvalue weighted by molar-refractivity contribution is 7.99. The summed E-state index contributed by atoms with van der Waals surface area (Å²) in [6.45, 7) is 4.68. The van der Waals surface area contributed by atoms with Crippen molar-refractivity contribution in [2.75, 3.05) is 11.5 Å². The van der Waals surface area contributed by atoms with Gasteiger partial charge in [-0.2, -0.15) is 11.8 Å². The zero-order valence-electron chi connectivity index (χ0n) is 9.51. The van der Waals surface area contributed by atoms with Crippen molar-refractivity contribution in [2.24, 2.45) is 5.92 Å². The van der Waals surface area contributed by atoms with E-state index in [-0.39, 0.29) is 0 Å². The summed E-state index contributed by atoms with van der Waals surface area (Å²) in [5.74, 6) is 3.58. The van der Waals surface area contributed by atoms with Crippen LogP contribution in [-0.2, 0) is 0 Å². The highest BCUT2D eigenvalue weighted by Crippen LogP contribution is 2.32. The molecule has 2 aliphatic rings. The van der Waals surface area contributed by atoms with Crippen LogP contribution in [-0.4, -0.2) is 23.1 Å².